The summed E-state index contributed by atoms with van der Waals surface area (Å²) in [5.41, 5.74) is 5.82. The zero-order valence-corrected chi connectivity index (χ0v) is 17.7. The Balaban J connectivity index is 1.22. The molecule has 2 fully saturated rings. The van der Waals surface area contributed by atoms with E-state index < -0.39 is 0 Å². The lowest BCUT2D eigenvalue weighted by Crippen LogP contribution is -2.46. The van der Waals surface area contributed by atoms with E-state index in [4.69, 9.17) is 14.2 Å². The molecule has 0 bridgehead atoms. The Hall–Kier alpha value is -2.27. The molecule has 0 radical (unpaired) electrons. The van der Waals surface area contributed by atoms with Crippen LogP contribution in [0.15, 0.2) is 42.5 Å². The molecule has 2 aromatic carbocycles. The van der Waals surface area contributed by atoms with Crippen molar-refractivity contribution in [2.24, 2.45) is 0 Å². The van der Waals surface area contributed by atoms with Gasteiger partial charge in [0, 0.05) is 26.1 Å². The number of nitriles is 1. The number of ether oxygens (including phenoxy) is 3. The molecule has 2 aromatic rings. The Kier molecular flexibility index (Phi) is 6.04. The molecule has 0 aromatic heterocycles. The Morgan fingerprint density at radius 2 is 2.00 bits per heavy atom. The first-order valence-electron chi connectivity index (χ1n) is 11.2. The standard InChI is InChI=1S/C25H29N3O3/c26-12-22(28-14-23-13-27-8-1-9-30-23)10-18-2-4-19(5-3-18)20-6-7-21-15-31-25(16-29-17-25)24(21)11-20/h2-7,11,22-23,27-28H,1,8-10,13-17H2/t22-,23?/m0/s1. The highest BCUT2D eigenvalue weighted by atomic mass is 16.6. The number of hydrogen-bond donors (Lipinski definition) is 2. The van der Waals surface area contributed by atoms with Crippen LogP contribution < -0.4 is 10.6 Å². The monoisotopic (exact) mass is 419 g/mol. The van der Waals surface area contributed by atoms with Crippen LogP contribution in [0.5, 0.6) is 0 Å². The van der Waals surface area contributed by atoms with Crippen molar-refractivity contribution in [3.05, 3.63) is 59.2 Å². The van der Waals surface area contributed by atoms with Gasteiger partial charge in [-0.05, 0) is 46.8 Å². The van der Waals surface area contributed by atoms with Crippen LogP contribution >= 0.6 is 0 Å². The van der Waals surface area contributed by atoms with Gasteiger partial charge in [0.15, 0.2) is 0 Å². The van der Waals surface area contributed by atoms with Gasteiger partial charge in [-0.1, -0.05) is 36.4 Å². The Labute approximate surface area is 183 Å². The van der Waals surface area contributed by atoms with Crippen LogP contribution in [0, 0.1) is 11.3 Å². The topological polar surface area (TPSA) is 75.5 Å². The van der Waals surface area contributed by atoms with E-state index in [2.05, 4.69) is 59.2 Å². The predicted molar refractivity (Wildman–Crippen MR) is 117 cm³/mol. The fraction of sp³-hybridized carbons (Fsp3) is 0.480. The number of rotatable bonds is 6. The van der Waals surface area contributed by atoms with Crippen LogP contribution in [0.1, 0.15) is 23.1 Å². The van der Waals surface area contributed by atoms with Gasteiger partial charge in [-0.3, -0.25) is 5.32 Å². The minimum atomic E-state index is -0.229. The lowest BCUT2D eigenvalue weighted by atomic mass is 9.88. The van der Waals surface area contributed by atoms with Crippen molar-refractivity contribution in [1.82, 2.24) is 10.6 Å². The van der Waals surface area contributed by atoms with Crippen molar-refractivity contribution in [3.8, 4) is 17.2 Å². The molecule has 0 saturated carbocycles. The molecule has 2 saturated heterocycles. The highest BCUT2D eigenvalue weighted by molar-refractivity contribution is 5.66. The summed E-state index contributed by atoms with van der Waals surface area (Å²) in [6.07, 6.45) is 1.83. The number of fused-ring (bicyclic) bond motifs is 2. The fourth-order valence-electron chi connectivity index (χ4n) is 4.53. The van der Waals surface area contributed by atoms with Gasteiger partial charge >= 0.3 is 0 Å². The van der Waals surface area contributed by atoms with E-state index in [0.717, 1.165) is 31.7 Å². The Morgan fingerprint density at radius 3 is 2.77 bits per heavy atom. The maximum Gasteiger partial charge on any atom is 0.140 e. The van der Waals surface area contributed by atoms with E-state index in [1.165, 1.54) is 22.3 Å². The third-order valence-corrected chi connectivity index (χ3v) is 6.47. The molecular formula is C25H29N3O3. The molecule has 0 aliphatic carbocycles. The maximum absolute atomic E-state index is 9.58. The minimum absolute atomic E-state index is 0.119. The van der Waals surface area contributed by atoms with Crippen LogP contribution in [0.25, 0.3) is 11.1 Å². The van der Waals surface area contributed by atoms with Crippen molar-refractivity contribution >= 4 is 0 Å². The van der Waals surface area contributed by atoms with Crippen molar-refractivity contribution in [2.75, 3.05) is 39.5 Å². The highest BCUT2D eigenvalue weighted by Gasteiger charge is 2.46. The second kappa shape index (κ2) is 9.07. The van der Waals surface area contributed by atoms with E-state index in [9.17, 15) is 5.26 Å². The zero-order chi connectivity index (χ0) is 21.1. The molecule has 3 aliphatic rings. The molecule has 0 amide bonds. The van der Waals surface area contributed by atoms with Crippen LogP contribution in [0.3, 0.4) is 0 Å². The summed E-state index contributed by atoms with van der Waals surface area (Å²) in [6.45, 7) is 5.25. The van der Waals surface area contributed by atoms with Crippen LogP contribution in [0.4, 0.5) is 0 Å². The highest BCUT2D eigenvalue weighted by Crippen LogP contribution is 2.43. The van der Waals surface area contributed by atoms with Crippen LogP contribution in [0.2, 0.25) is 0 Å². The molecule has 6 nitrogen and oxygen atoms in total. The molecule has 31 heavy (non-hydrogen) atoms. The molecule has 1 spiro atoms. The second-order valence-corrected chi connectivity index (χ2v) is 8.69. The van der Waals surface area contributed by atoms with E-state index in [1.54, 1.807) is 0 Å². The summed E-state index contributed by atoms with van der Waals surface area (Å²) in [6, 6.07) is 17.3. The van der Waals surface area contributed by atoms with Gasteiger partial charge < -0.3 is 19.5 Å². The largest absolute Gasteiger partial charge is 0.376 e. The first kappa shape index (κ1) is 20.6. The molecule has 3 aliphatic heterocycles. The zero-order valence-electron chi connectivity index (χ0n) is 17.7. The SMILES string of the molecule is N#C[C@H](Cc1ccc(-c2ccc3c(c2)C2(COC2)OC3)cc1)NCC1CNCCCO1. The summed E-state index contributed by atoms with van der Waals surface area (Å²) >= 11 is 0. The molecule has 5 rings (SSSR count). The first-order valence-corrected chi connectivity index (χ1v) is 11.2. The predicted octanol–water partition coefficient (Wildman–Crippen LogP) is 2.51. The molecule has 3 heterocycles. The van der Waals surface area contributed by atoms with Crippen molar-refractivity contribution in [2.45, 2.75) is 37.2 Å². The summed E-state index contributed by atoms with van der Waals surface area (Å²) in [5, 5.41) is 16.3. The van der Waals surface area contributed by atoms with E-state index in [-0.39, 0.29) is 17.7 Å². The Bertz CT molecular complexity index is 941. The lowest BCUT2D eigenvalue weighted by molar-refractivity contribution is -0.209. The van der Waals surface area contributed by atoms with Gasteiger partial charge in [-0.2, -0.15) is 5.26 Å². The maximum atomic E-state index is 9.58. The molecule has 6 heteroatoms. The van der Waals surface area contributed by atoms with E-state index in [1.807, 2.05) is 0 Å². The average molecular weight is 420 g/mol. The Morgan fingerprint density at radius 1 is 1.16 bits per heavy atom. The van der Waals surface area contributed by atoms with Gasteiger partial charge in [-0.15, -0.1) is 0 Å². The van der Waals surface area contributed by atoms with Crippen LogP contribution in [-0.4, -0.2) is 51.6 Å². The number of nitrogens with zero attached hydrogens (tertiary/aromatic N) is 1. The third kappa shape index (κ3) is 4.38. The van der Waals surface area contributed by atoms with E-state index >= 15 is 0 Å². The van der Waals surface area contributed by atoms with Gasteiger partial charge in [0.25, 0.3) is 0 Å². The van der Waals surface area contributed by atoms with Crippen molar-refractivity contribution < 1.29 is 14.2 Å². The summed E-state index contributed by atoms with van der Waals surface area (Å²) < 4.78 is 17.3. The third-order valence-electron chi connectivity index (χ3n) is 6.47. The average Bonchev–Trinajstić information content (AvgIpc) is 2.98. The second-order valence-electron chi connectivity index (χ2n) is 8.69. The van der Waals surface area contributed by atoms with Crippen molar-refractivity contribution in [3.63, 3.8) is 0 Å². The fourth-order valence-corrected chi connectivity index (χ4v) is 4.53. The van der Waals surface area contributed by atoms with Crippen molar-refractivity contribution in [1.29, 1.82) is 5.26 Å². The van der Waals surface area contributed by atoms with Gasteiger partial charge in [0.1, 0.15) is 5.60 Å². The number of nitrogens with one attached hydrogen (secondary N) is 2. The molecule has 1 unspecified atom stereocenters. The normalized spacial score (nSPS) is 22.9. The molecule has 2 atom stereocenters. The smallest absolute Gasteiger partial charge is 0.140 e. The molecule has 162 valence electrons. The number of benzene rings is 2. The van der Waals surface area contributed by atoms with Crippen LogP contribution in [-0.2, 0) is 32.8 Å². The van der Waals surface area contributed by atoms with E-state index in [0.29, 0.717) is 32.8 Å². The van der Waals surface area contributed by atoms with Gasteiger partial charge in [-0.25, -0.2) is 0 Å². The quantitative estimate of drug-likeness (QED) is 0.750. The minimum Gasteiger partial charge on any atom is -0.376 e. The molecule has 2 N–H and O–H groups in total. The molecular weight excluding hydrogens is 390 g/mol. The van der Waals surface area contributed by atoms with Gasteiger partial charge in [0.05, 0.1) is 38.0 Å². The first-order chi connectivity index (χ1) is 15.3. The summed E-state index contributed by atoms with van der Waals surface area (Å²) in [5.74, 6) is 0. The van der Waals surface area contributed by atoms with Gasteiger partial charge in [0.2, 0.25) is 0 Å². The summed E-state index contributed by atoms with van der Waals surface area (Å²) in [4.78, 5) is 0. The lowest BCUT2D eigenvalue weighted by Gasteiger charge is -2.37. The number of hydrogen-bond acceptors (Lipinski definition) is 6. The summed E-state index contributed by atoms with van der Waals surface area (Å²) in [7, 11) is 0.